The van der Waals surface area contributed by atoms with Gasteiger partial charge in [0.2, 0.25) is 10.0 Å². The van der Waals surface area contributed by atoms with Crippen molar-refractivity contribution in [3.63, 3.8) is 0 Å². The molecular formula is C11H20N4O2S. The van der Waals surface area contributed by atoms with Gasteiger partial charge in [0.05, 0.1) is 11.4 Å². The third kappa shape index (κ3) is 2.90. The highest BCUT2D eigenvalue weighted by Crippen LogP contribution is 2.16. The number of aryl methyl sites for hydroxylation is 2. The Morgan fingerprint density at radius 2 is 2.17 bits per heavy atom. The van der Waals surface area contributed by atoms with Crippen LogP contribution in [-0.4, -0.2) is 37.7 Å². The van der Waals surface area contributed by atoms with Crippen LogP contribution in [0.1, 0.15) is 30.7 Å². The zero-order chi connectivity index (χ0) is 13.2. The first-order valence-corrected chi connectivity index (χ1v) is 7.73. The maximum Gasteiger partial charge on any atom is 0.244 e. The summed E-state index contributed by atoms with van der Waals surface area (Å²) >= 11 is 0. The van der Waals surface area contributed by atoms with Crippen molar-refractivity contribution in [3.8, 4) is 0 Å². The lowest BCUT2D eigenvalue weighted by Gasteiger charge is -2.23. The van der Waals surface area contributed by atoms with Gasteiger partial charge in [0.15, 0.2) is 0 Å². The van der Waals surface area contributed by atoms with Crippen molar-refractivity contribution in [3.05, 3.63) is 11.4 Å². The third-order valence-corrected chi connectivity index (χ3v) is 4.95. The summed E-state index contributed by atoms with van der Waals surface area (Å²) < 4.78 is 27.0. The molecule has 1 atom stereocenters. The fourth-order valence-electron chi connectivity index (χ4n) is 2.32. The van der Waals surface area contributed by atoms with Crippen molar-refractivity contribution in [2.45, 2.75) is 44.0 Å². The molecule has 1 aliphatic rings. The Balaban J connectivity index is 2.03. The average Bonchev–Trinajstić information content (AvgIpc) is 2.69. The van der Waals surface area contributed by atoms with Crippen molar-refractivity contribution in [1.29, 1.82) is 0 Å². The van der Waals surface area contributed by atoms with E-state index in [0.717, 1.165) is 19.4 Å². The highest BCUT2D eigenvalue weighted by molar-refractivity contribution is 7.89. The van der Waals surface area contributed by atoms with Gasteiger partial charge in [-0.3, -0.25) is 5.10 Å². The van der Waals surface area contributed by atoms with Crippen molar-refractivity contribution in [1.82, 2.24) is 20.2 Å². The minimum Gasteiger partial charge on any atom is -0.313 e. The van der Waals surface area contributed by atoms with E-state index in [1.807, 2.05) is 0 Å². The van der Waals surface area contributed by atoms with Crippen LogP contribution < -0.4 is 10.0 Å². The first-order valence-electron chi connectivity index (χ1n) is 6.25. The molecular weight excluding hydrogens is 252 g/mol. The lowest BCUT2D eigenvalue weighted by atomic mass is 10.1. The molecule has 1 aromatic heterocycles. The van der Waals surface area contributed by atoms with E-state index in [9.17, 15) is 8.42 Å². The van der Waals surface area contributed by atoms with Gasteiger partial charge in [-0.1, -0.05) is 6.42 Å². The molecule has 2 heterocycles. The summed E-state index contributed by atoms with van der Waals surface area (Å²) in [7, 11) is -3.46. The van der Waals surface area contributed by atoms with Crippen LogP contribution in [0.2, 0.25) is 0 Å². The third-order valence-electron chi connectivity index (χ3n) is 3.26. The van der Waals surface area contributed by atoms with Crippen molar-refractivity contribution in [2.24, 2.45) is 0 Å². The Labute approximate surface area is 108 Å². The van der Waals surface area contributed by atoms with E-state index >= 15 is 0 Å². The molecule has 0 radical (unpaired) electrons. The van der Waals surface area contributed by atoms with Crippen LogP contribution >= 0.6 is 0 Å². The van der Waals surface area contributed by atoms with Gasteiger partial charge in [-0.05, 0) is 33.2 Å². The molecule has 1 saturated heterocycles. The van der Waals surface area contributed by atoms with Crippen LogP contribution in [0, 0.1) is 13.8 Å². The molecule has 0 spiro atoms. The molecule has 2 rings (SSSR count). The van der Waals surface area contributed by atoms with E-state index in [2.05, 4.69) is 20.2 Å². The Morgan fingerprint density at radius 1 is 1.39 bits per heavy atom. The van der Waals surface area contributed by atoms with Crippen molar-refractivity contribution in [2.75, 3.05) is 13.1 Å². The van der Waals surface area contributed by atoms with Crippen LogP contribution in [0.3, 0.4) is 0 Å². The molecule has 7 heteroatoms. The molecule has 0 saturated carbocycles. The molecule has 0 amide bonds. The van der Waals surface area contributed by atoms with Gasteiger partial charge in [0.25, 0.3) is 0 Å². The summed E-state index contributed by atoms with van der Waals surface area (Å²) in [6.07, 6.45) is 3.35. The van der Waals surface area contributed by atoms with E-state index in [-0.39, 0.29) is 10.9 Å². The van der Waals surface area contributed by atoms with E-state index in [4.69, 9.17) is 0 Å². The highest BCUT2D eigenvalue weighted by Gasteiger charge is 2.23. The van der Waals surface area contributed by atoms with Gasteiger partial charge in [-0.2, -0.15) is 5.10 Å². The quantitative estimate of drug-likeness (QED) is 0.742. The molecule has 0 bridgehead atoms. The van der Waals surface area contributed by atoms with Gasteiger partial charge in [0, 0.05) is 12.6 Å². The number of hydrogen-bond donors (Lipinski definition) is 3. The Morgan fingerprint density at radius 3 is 2.72 bits per heavy atom. The number of piperidine rings is 1. The Kier molecular flexibility index (Phi) is 4.04. The van der Waals surface area contributed by atoms with Gasteiger partial charge in [0.1, 0.15) is 4.90 Å². The van der Waals surface area contributed by atoms with E-state index < -0.39 is 10.0 Å². The first kappa shape index (κ1) is 13.5. The van der Waals surface area contributed by atoms with Crippen LogP contribution in [0.5, 0.6) is 0 Å². The molecule has 0 unspecified atom stereocenters. The molecule has 6 nitrogen and oxygen atoms in total. The molecule has 102 valence electrons. The van der Waals surface area contributed by atoms with Gasteiger partial charge in [-0.25, -0.2) is 13.1 Å². The maximum absolute atomic E-state index is 12.2. The standard InChI is InChI=1S/C11H20N4O2S/c1-8-11(9(2)15-14-8)18(16,17)13-7-10-5-3-4-6-12-10/h10,12-13H,3-7H2,1-2H3,(H,14,15)/t10-/m1/s1. The molecule has 1 aliphatic heterocycles. The topological polar surface area (TPSA) is 86.9 Å². The zero-order valence-corrected chi connectivity index (χ0v) is 11.6. The fraction of sp³-hybridized carbons (Fsp3) is 0.727. The minimum atomic E-state index is -3.46. The van der Waals surface area contributed by atoms with Crippen LogP contribution in [0.25, 0.3) is 0 Å². The summed E-state index contributed by atoms with van der Waals surface area (Å²) in [6.45, 7) is 4.81. The van der Waals surface area contributed by atoms with Crippen LogP contribution in [-0.2, 0) is 10.0 Å². The molecule has 18 heavy (non-hydrogen) atoms. The predicted octanol–water partition coefficient (Wildman–Crippen LogP) is 0.447. The highest BCUT2D eigenvalue weighted by atomic mass is 32.2. The van der Waals surface area contributed by atoms with E-state index in [1.54, 1.807) is 13.8 Å². The van der Waals surface area contributed by atoms with Crippen LogP contribution in [0.4, 0.5) is 0 Å². The number of aromatic nitrogens is 2. The number of aromatic amines is 1. The van der Waals surface area contributed by atoms with Crippen molar-refractivity contribution >= 4 is 10.0 Å². The summed E-state index contributed by atoms with van der Waals surface area (Å²) in [6, 6.07) is 0.237. The molecule has 0 aliphatic carbocycles. The summed E-state index contributed by atoms with van der Waals surface area (Å²) in [5.74, 6) is 0. The smallest absolute Gasteiger partial charge is 0.244 e. The fourth-order valence-corrected chi connectivity index (χ4v) is 3.77. The zero-order valence-electron chi connectivity index (χ0n) is 10.8. The number of nitrogens with zero attached hydrogens (tertiary/aromatic N) is 1. The first-order chi connectivity index (χ1) is 8.50. The predicted molar refractivity (Wildman–Crippen MR) is 68.9 cm³/mol. The number of hydrogen-bond acceptors (Lipinski definition) is 4. The summed E-state index contributed by atoms with van der Waals surface area (Å²) in [5, 5.41) is 9.93. The van der Waals surface area contributed by atoms with Crippen molar-refractivity contribution < 1.29 is 8.42 Å². The van der Waals surface area contributed by atoms with Gasteiger partial charge < -0.3 is 5.32 Å². The summed E-state index contributed by atoms with van der Waals surface area (Å²) in [5.41, 5.74) is 1.09. The number of rotatable bonds is 4. The second-order valence-electron chi connectivity index (χ2n) is 4.76. The van der Waals surface area contributed by atoms with E-state index in [0.29, 0.717) is 17.9 Å². The molecule has 3 N–H and O–H groups in total. The SMILES string of the molecule is Cc1n[nH]c(C)c1S(=O)(=O)NC[C@H]1CCCCN1. The molecule has 1 fully saturated rings. The van der Waals surface area contributed by atoms with Gasteiger partial charge >= 0.3 is 0 Å². The Hall–Kier alpha value is -0.920. The number of sulfonamides is 1. The van der Waals surface area contributed by atoms with E-state index in [1.165, 1.54) is 6.42 Å². The van der Waals surface area contributed by atoms with Crippen LogP contribution in [0.15, 0.2) is 4.90 Å². The summed E-state index contributed by atoms with van der Waals surface area (Å²) in [4.78, 5) is 0.276. The number of nitrogens with one attached hydrogen (secondary N) is 3. The second-order valence-corrected chi connectivity index (χ2v) is 6.47. The second kappa shape index (κ2) is 5.38. The largest absolute Gasteiger partial charge is 0.313 e. The maximum atomic E-state index is 12.2. The minimum absolute atomic E-state index is 0.237. The number of H-pyrrole nitrogens is 1. The normalized spacial score (nSPS) is 21.1. The monoisotopic (exact) mass is 272 g/mol. The van der Waals surface area contributed by atoms with Gasteiger partial charge in [-0.15, -0.1) is 0 Å². The Bertz CT molecular complexity index is 484. The lowest BCUT2D eigenvalue weighted by molar-refractivity contribution is 0.398. The molecule has 1 aromatic rings. The lowest BCUT2D eigenvalue weighted by Crippen LogP contribution is -2.43. The average molecular weight is 272 g/mol. The molecule has 0 aromatic carbocycles.